The van der Waals surface area contributed by atoms with Crippen LogP contribution >= 0.6 is 0 Å². The molecule has 120 valence electrons. The van der Waals surface area contributed by atoms with Crippen LogP contribution < -0.4 is 5.32 Å². The van der Waals surface area contributed by atoms with Crippen molar-refractivity contribution in [2.45, 2.75) is 46.3 Å². The van der Waals surface area contributed by atoms with Gasteiger partial charge in [0.05, 0.1) is 30.0 Å². The summed E-state index contributed by atoms with van der Waals surface area (Å²) in [5.41, 5.74) is 2.57. The number of aromatic nitrogens is 2. The van der Waals surface area contributed by atoms with E-state index in [2.05, 4.69) is 35.9 Å². The van der Waals surface area contributed by atoms with Gasteiger partial charge >= 0.3 is 0 Å². The fourth-order valence-corrected chi connectivity index (χ4v) is 4.21. The molecule has 2 saturated carbocycles. The number of methoxy groups -OCH3 is 1. The highest BCUT2D eigenvalue weighted by molar-refractivity contribution is 5.87. The SMILES string of the molecule is C=C1C(C)(C)[C@H]2CC[C@]1(C(=O)NCc1cc(COC)n[nH]1)C2. The van der Waals surface area contributed by atoms with E-state index in [1.54, 1.807) is 7.11 Å². The lowest BCUT2D eigenvalue weighted by molar-refractivity contribution is -0.128. The number of carbonyl (C=O) groups excluding carboxylic acids is 1. The van der Waals surface area contributed by atoms with E-state index in [0.717, 1.165) is 36.2 Å². The third kappa shape index (κ3) is 2.19. The Labute approximate surface area is 131 Å². The molecule has 3 rings (SSSR count). The van der Waals surface area contributed by atoms with Crippen LogP contribution in [-0.2, 0) is 22.7 Å². The molecule has 1 aromatic rings. The van der Waals surface area contributed by atoms with E-state index < -0.39 is 0 Å². The molecule has 1 heterocycles. The maximum Gasteiger partial charge on any atom is 0.230 e. The molecule has 0 aliphatic heterocycles. The van der Waals surface area contributed by atoms with Gasteiger partial charge in [0, 0.05) is 7.11 Å². The van der Waals surface area contributed by atoms with Crippen LogP contribution in [0, 0.1) is 16.7 Å². The molecule has 5 heteroatoms. The molecule has 2 atom stereocenters. The maximum absolute atomic E-state index is 12.8. The quantitative estimate of drug-likeness (QED) is 0.822. The Morgan fingerprint density at radius 1 is 1.59 bits per heavy atom. The molecule has 2 N–H and O–H groups in total. The Kier molecular flexibility index (Phi) is 3.63. The predicted octanol–water partition coefficient (Wildman–Crippen LogP) is 2.55. The van der Waals surface area contributed by atoms with Crippen LogP contribution in [0.1, 0.15) is 44.5 Å². The highest BCUT2D eigenvalue weighted by atomic mass is 16.5. The van der Waals surface area contributed by atoms with E-state index in [1.807, 2.05) is 6.07 Å². The second-order valence-corrected chi connectivity index (χ2v) is 7.22. The molecule has 5 nitrogen and oxygen atoms in total. The normalized spacial score (nSPS) is 29.0. The Balaban J connectivity index is 1.66. The molecule has 0 unspecified atom stereocenters. The summed E-state index contributed by atoms with van der Waals surface area (Å²) in [4.78, 5) is 12.8. The first-order chi connectivity index (χ1) is 10.4. The number of carbonyl (C=O) groups is 1. The number of hydrogen-bond donors (Lipinski definition) is 2. The zero-order valence-corrected chi connectivity index (χ0v) is 13.7. The van der Waals surface area contributed by atoms with Gasteiger partial charge in [-0.2, -0.15) is 5.10 Å². The molecule has 2 aliphatic rings. The van der Waals surface area contributed by atoms with Crippen molar-refractivity contribution in [1.82, 2.24) is 15.5 Å². The number of nitrogens with zero attached hydrogens (tertiary/aromatic N) is 1. The molecule has 2 fully saturated rings. The first-order valence-electron chi connectivity index (χ1n) is 7.90. The fourth-order valence-electron chi connectivity index (χ4n) is 4.21. The van der Waals surface area contributed by atoms with E-state index in [4.69, 9.17) is 4.74 Å². The number of aromatic amines is 1. The van der Waals surface area contributed by atoms with Crippen molar-refractivity contribution in [3.63, 3.8) is 0 Å². The zero-order valence-electron chi connectivity index (χ0n) is 13.7. The molecule has 1 aromatic heterocycles. The summed E-state index contributed by atoms with van der Waals surface area (Å²) in [7, 11) is 1.64. The van der Waals surface area contributed by atoms with Crippen molar-refractivity contribution < 1.29 is 9.53 Å². The molecule has 0 spiro atoms. The van der Waals surface area contributed by atoms with Crippen LogP contribution in [0.4, 0.5) is 0 Å². The standard InChI is InChI=1S/C17H25N3O2/c1-11-16(2,3)12-5-6-17(11,8-12)15(21)18-9-13-7-14(10-22-4)20-19-13/h7,12H,1,5-6,8-10H2,2-4H3,(H,18,21)(H,19,20)/t12-,17-/m0/s1. The monoisotopic (exact) mass is 303 g/mol. The average Bonchev–Trinajstić information content (AvgIpc) is 3.15. The first-order valence-corrected chi connectivity index (χ1v) is 7.90. The van der Waals surface area contributed by atoms with Gasteiger partial charge in [0.25, 0.3) is 0 Å². The second-order valence-electron chi connectivity index (χ2n) is 7.22. The molecular weight excluding hydrogens is 278 g/mol. The second kappa shape index (κ2) is 5.23. The lowest BCUT2D eigenvalue weighted by Crippen LogP contribution is -2.41. The smallest absolute Gasteiger partial charge is 0.230 e. The molecular formula is C17H25N3O2. The molecule has 0 saturated heterocycles. The number of ether oxygens (including phenoxy) is 1. The number of amides is 1. The Bertz CT molecular complexity index is 605. The minimum Gasteiger partial charge on any atom is -0.378 e. The highest BCUT2D eigenvalue weighted by Gasteiger charge is 2.60. The van der Waals surface area contributed by atoms with Gasteiger partial charge in [-0.1, -0.05) is 26.0 Å². The number of fused-ring (bicyclic) bond motifs is 2. The summed E-state index contributed by atoms with van der Waals surface area (Å²) < 4.78 is 5.04. The van der Waals surface area contributed by atoms with Crippen molar-refractivity contribution in [3.05, 3.63) is 29.6 Å². The maximum atomic E-state index is 12.8. The van der Waals surface area contributed by atoms with Gasteiger partial charge in [-0.05, 0) is 36.7 Å². The number of nitrogens with one attached hydrogen (secondary N) is 2. The summed E-state index contributed by atoms with van der Waals surface area (Å²) in [5, 5.41) is 10.2. The van der Waals surface area contributed by atoms with Crippen molar-refractivity contribution in [3.8, 4) is 0 Å². The van der Waals surface area contributed by atoms with Crippen LogP contribution in [0.3, 0.4) is 0 Å². The van der Waals surface area contributed by atoms with Crippen LogP contribution in [-0.4, -0.2) is 23.2 Å². The van der Waals surface area contributed by atoms with Crippen LogP contribution in [0.25, 0.3) is 0 Å². The fraction of sp³-hybridized carbons (Fsp3) is 0.647. The van der Waals surface area contributed by atoms with E-state index in [0.29, 0.717) is 19.1 Å². The molecule has 2 bridgehead atoms. The van der Waals surface area contributed by atoms with Gasteiger partial charge in [-0.15, -0.1) is 0 Å². The Hall–Kier alpha value is -1.62. The van der Waals surface area contributed by atoms with Crippen molar-refractivity contribution in [1.29, 1.82) is 0 Å². The van der Waals surface area contributed by atoms with E-state index in [9.17, 15) is 4.79 Å². The van der Waals surface area contributed by atoms with Gasteiger partial charge in [-0.25, -0.2) is 0 Å². The van der Waals surface area contributed by atoms with Crippen molar-refractivity contribution in [2.75, 3.05) is 7.11 Å². The number of hydrogen-bond acceptors (Lipinski definition) is 3. The highest BCUT2D eigenvalue weighted by Crippen LogP contribution is 2.65. The van der Waals surface area contributed by atoms with Gasteiger partial charge in [-0.3, -0.25) is 9.89 Å². The average molecular weight is 303 g/mol. The third-order valence-electron chi connectivity index (χ3n) is 5.74. The minimum absolute atomic E-state index is 0.0786. The summed E-state index contributed by atoms with van der Waals surface area (Å²) in [6.07, 6.45) is 3.01. The topological polar surface area (TPSA) is 67.0 Å². The molecule has 0 radical (unpaired) electrons. The number of H-pyrrole nitrogens is 1. The van der Waals surface area contributed by atoms with Crippen molar-refractivity contribution >= 4 is 5.91 Å². The molecule has 22 heavy (non-hydrogen) atoms. The predicted molar refractivity (Wildman–Crippen MR) is 83.8 cm³/mol. The Morgan fingerprint density at radius 2 is 2.36 bits per heavy atom. The van der Waals surface area contributed by atoms with Gasteiger partial charge in [0.1, 0.15) is 0 Å². The van der Waals surface area contributed by atoms with Crippen LogP contribution in [0.2, 0.25) is 0 Å². The summed E-state index contributed by atoms with van der Waals surface area (Å²) >= 11 is 0. The largest absolute Gasteiger partial charge is 0.378 e. The van der Waals surface area contributed by atoms with E-state index >= 15 is 0 Å². The van der Waals surface area contributed by atoms with Gasteiger partial charge in [0.15, 0.2) is 0 Å². The van der Waals surface area contributed by atoms with E-state index in [1.165, 1.54) is 0 Å². The first kappa shape index (κ1) is 15.3. The van der Waals surface area contributed by atoms with Gasteiger partial charge in [0.2, 0.25) is 5.91 Å². The lowest BCUT2D eigenvalue weighted by Gasteiger charge is -2.37. The molecule has 0 aromatic carbocycles. The van der Waals surface area contributed by atoms with Crippen LogP contribution in [0.15, 0.2) is 18.2 Å². The third-order valence-corrected chi connectivity index (χ3v) is 5.74. The number of rotatable bonds is 5. The van der Waals surface area contributed by atoms with Gasteiger partial charge < -0.3 is 10.1 Å². The van der Waals surface area contributed by atoms with Crippen LogP contribution in [0.5, 0.6) is 0 Å². The summed E-state index contributed by atoms with van der Waals surface area (Å²) in [5.74, 6) is 0.708. The summed E-state index contributed by atoms with van der Waals surface area (Å²) in [6.45, 7) is 9.65. The lowest BCUT2D eigenvalue weighted by atomic mass is 9.68. The van der Waals surface area contributed by atoms with Crippen molar-refractivity contribution in [2.24, 2.45) is 16.7 Å². The summed E-state index contributed by atoms with van der Waals surface area (Å²) in [6, 6.07) is 1.92. The zero-order chi connectivity index (χ0) is 16.0. The Morgan fingerprint density at radius 3 is 3.00 bits per heavy atom. The molecule has 2 aliphatic carbocycles. The van der Waals surface area contributed by atoms with E-state index in [-0.39, 0.29) is 16.7 Å². The molecule has 1 amide bonds. The minimum atomic E-state index is -0.358.